The molecule has 0 atom stereocenters. The van der Waals surface area contributed by atoms with Crippen molar-refractivity contribution in [2.45, 2.75) is 25.8 Å². The van der Waals surface area contributed by atoms with Crippen molar-refractivity contribution in [3.8, 4) is 0 Å². The molecule has 25 heavy (non-hydrogen) atoms. The number of aromatic nitrogens is 2. The number of piperidine rings is 1. The van der Waals surface area contributed by atoms with Gasteiger partial charge in [0.25, 0.3) is 5.69 Å². The fourth-order valence-electron chi connectivity index (χ4n) is 3.16. The van der Waals surface area contributed by atoms with Gasteiger partial charge in [-0.05, 0) is 31.9 Å². The van der Waals surface area contributed by atoms with Gasteiger partial charge in [-0.1, -0.05) is 0 Å². The quantitative estimate of drug-likeness (QED) is 0.471. The zero-order chi connectivity index (χ0) is 17.8. The van der Waals surface area contributed by atoms with Crippen molar-refractivity contribution in [2.24, 2.45) is 0 Å². The number of nitro benzene ring substituents is 1. The number of imidazole rings is 1. The van der Waals surface area contributed by atoms with E-state index in [0.29, 0.717) is 6.04 Å². The van der Waals surface area contributed by atoms with Crippen LogP contribution in [-0.2, 0) is 4.74 Å². The minimum atomic E-state index is -0.663. The Labute approximate surface area is 145 Å². The standard InChI is InChI=1S/C17H20N4O4/c1-2-25-17(22)15-11-14(3-4-16(15)21(23)24)19-8-5-13(6-9-19)20-10-7-18-12-20/h3-4,7,10-13H,2,5-6,8-9H2,1H3. The number of benzene rings is 1. The Kier molecular flexibility index (Phi) is 4.97. The molecular weight excluding hydrogens is 324 g/mol. The number of esters is 1. The smallest absolute Gasteiger partial charge is 0.345 e. The minimum Gasteiger partial charge on any atom is -0.462 e. The summed E-state index contributed by atoms with van der Waals surface area (Å²) in [6, 6.07) is 5.04. The monoisotopic (exact) mass is 344 g/mol. The fraction of sp³-hybridized carbons (Fsp3) is 0.412. The van der Waals surface area contributed by atoms with Crippen LogP contribution in [0.5, 0.6) is 0 Å². The first-order valence-corrected chi connectivity index (χ1v) is 8.28. The topological polar surface area (TPSA) is 90.5 Å². The van der Waals surface area contributed by atoms with Crippen LogP contribution in [0.1, 0.15) is 36.2 Å². The lowest BCUT2D eigenvalue weighted by Crippen LogP contribution is -2.34. The summed E-state index contributed by atoms with van der Waals surface area (Å²) in [5.41, 5.74) is 0.578. The van der Waals surface area contributed by atoms with Crippen molar-refractivity contribution in [2.75, 3.05) is 24.6 Å². The maximum absolute atomic E-state index is 12.1. The van der Waals surface area contributed by atoms with Gasteiger partial charge in [-0.3, -0.25) is 10.1 Å². The molecular formula is C17H20N4O4. The van der Waals surface area contributed by atoms with E-state index < -0.39 is 10.9 Å². The van der Waals surface area contributed by atoms with Gasteiger partial charge in [0.15, 0.2) is 0 Å². The number of carbonyl (C=O) groups is 1. The van der Waals surface area contributed by atoms with Crippen molar-refractivity contribution in [3.05, 3.63) is 52.6 Å². The third-order valence-electron chi connectivity index (χ3n) is 4.45. The Balaban J connectivity index is 1.77. The molecule has 0 spiro atoms. The molecule has 1 aliphatic heterocycles. The molecule has 0 aliphatic carbocycles. The number of hydrogen-bond donors (Lipinski definition) is 0. The summed E-state index contributed by atoms with van der Waals surface area (Å²) >= 11 is 0. The molecule has 8 nitrogen and oxygen atoms in total. The van der Waals surface area contributed by atoms with Crippen LogP contribution in [0.3, 0.4) is 0 Å². The molecule has 1 saturated heterocycles. The SMILES string of the molecule is CCOC(=O)c1cc(N2CCC(n3ccnc3)CC2)ccc1[N+](=O)[O-]. The van der Waals surface area contributed by atoms with Crippen LogP contribution in [0.25, 0.3) is 0 Å². The molecule has 0 unspecified atom stereocenters. The lowest BCUT2D eigenvalue weighted by Gasteiger charge is -2.34. The molecule has 0 radical (unpaired) electrons. The molecule has 0 amide bonds. The van der Waals surface area contributed by atoms with Crippen molar-refractivity contribution in [1.29, 1.82) is 0 Å². The van der Waals surface area contributed by atoms with Gasteiger partial charge in [-0.25, -0.2) is 9.78 Å². The van der Waals surface area contributed by atoms with Gasteiger partial charge in [0.05, 0.1) is 17.9 Å². The molecule has 2 heterocycles. The molecule has 1 aromatic heterocycles. The predicted octanol–water partition coefficient (Wildman–Crippen LogP) is 2.81. The van der Waals surface area contributed by atoms with Crippen LogP contribution in [0.15, 0.2) is 36.9 Å². The van der Waals surface area contributed by atoms with Gasteiger partial charge in [0.1, 0.15) is 5.56 Å². The number of rotatable bonds is 5. The Morgan fingerprint density at radius 1 is 1.40 bits per heavy atom. The predicted molar refractivity (Wildman–Crippen MR) is 91.8 cm³/mol. The largest absolute Gasteiger partial charge is 0.462 e. The molecule has 1 fully saturated rings. The molecule has 132 valence electrons. The van der Waals surface area contributed by atoms with E-state index in [2.05, 4.69) is 14.5 Å². The van der Waals surface area contributed by atoms with Crippen LogP contribution in [0.2, 0.25) is 0 Å². The number of nitro groups is 1. The van der Waals surface area contributed by atoms with E-state index in [0.717, 1.165) is 31.6 Å². The molecule has 1 aliphatic rings. The van der Waals surface area contributed by atoms with Crippen molar-refractivity contribution in [1.82, 2.24) is 9.55 Å². The van der Waals surface area contributed by atoms with Gasteiger partial charge in [0.2, 0.25) is 0 Å². The Hall–Kier alpha value is -2.90. The van der Waals surface area contributed by atoms with E-state index >= 15 is 0 Å². The highest BCUT2D eigenvalue weighted by Gasteiger charge is 2.25. The summed E-state index contributed by atoms with van der Waals surface area (Å²) in [6.07, 6.45) is 7.45. The number of nitrogens with zero attached hydrogens (tertiary/aromatic N) is 4. The van der Waals surface area contributed by atoms with Crippen molar-refractivity contribution in [3.63, 3.8) is 0 Å². The Morgan fingerprint density at radius 2 is 2.16 bits per heavy atom. The van der Waals surface area contributed by atoms with Crippen molar-refractivity contribution < 1.29 is 14.5 Å². The summed E-state index contributed by atoms with van der Waals surface area (Å²) in [5.74, 6) is -0.663. The van der Waals surface area contributed by atoms with Crippen LogP contribution in [-0.4, -0.2) is 40.1 Å². The summed E-state index contributed by atoms with van der Waals surface area (Å²) in [4.78, 5) is 28.9. The van der Waals surface area contributed by atoms with Gasteiger partial charge in [0, 0.05) is 43.3 Å². The zero-order valence-corrected chi connectivity index (χ0v) is 14.0. The lowest BCUT2D eigenvalue weighted by molar-refractivity contribution is -0.385. The van der Waals surface area contributed by atoms with E-state index in [4.69, 9.17) is 4.74 Å². The van der Waals surface area contributed by atoms with Crippen LogP contribution in [0, 0.1) is 10.1 Å². The molecule has 1 aromatic carbocycles. The number of anilines is 1. The lowest BCUT2D eigenvalue weighted by atomic mass is 10.0. The van der Waals surface area contributed by atoms with Gasteiger partial charge in [-0.2, -0.15) is 0 Å². The summed E-state index contributed by atoms with van der Waals surface area (Å²) in [6.45, 7) is 3.47. The van der Waals surface area contributed by atoms with Crippen LogP contribution >= 0.6 is 0 Å². The summed E-state index contributed by atoms with van der Waals surface area (Å²) in [5, 5.41) is 11.2. The fourth-order valence-corrected chi connectivity index (χ4v) is 3.16. The van der Waals surface area contributed by atoms with Crippen molar-refractivity contribution >= 4 is 17.3 Å². The molecule has 8 heteroatoms. The van der Waals surface area contributed by atoms with Crippen LogP contribution in [0.4, 0.5) is 11.4 Å². The van der Waals surface area contributed by atoms with Gasteiger partial charge in [-0.15, -0.1) is 0 Å². The highest BCUT2D eigenvalue weighted by molar-refractivity contribution is 5.95. The van der Waals surface area contributed by atoms with Gasteiger partial charge < -0.3 is 14.2 Å². The maximum atomic E-state index is 12.1. The molecule has 3 rings (SSSR count). The van der Waals surface area contributed by atoms with E-state index in [-0.39, 0.29) is 17.9 Å². The summed E-state index contributed by atoms with van der Waals surface area (Å²) in [7, 11) is 0. The van der Waals surface area contributed by atoms with E-state index in [1.165, 1.54) is 6.07 Å². The molecule has 0 saturated carbocycles. The van der Waals surface area contributed by atoms with Crippen LogP contribution < -0.4 is 4.90 Å². The normalized spacial score (nSPS) is 15.2. The number of ether oxygens (including phenoxy) is 1. The second-order valence-electron chi connectivity index (χ2n) is 5.91. The first-order valence-electron chi connectivity index (χ1n) is 8.28. The Bertz CT molecular complexity index is 752. The van der Waals surface area contributed by atoms with E-state index in [1.807, 2.05) is 12.5 Å². The second-order valence-corrected chi connectivity index (χ2v) is 5.91. The highest BCUT2D eigenvalue weighted by atomic mass is 16.6. The Morgan fingerprint density at radius 3 is 2.76 bits per heavy atom. The molecule has 2 aromatic rings. The zero-order valence-electron chi connectivity index (χ0n) is 14.0. The first-order chi connectivity index (χ1) is 12.1. The third kappa shape index (κ3) is 3.62. The third-order valence-corrected chi connectivity index (χ3v) is 4.45. The van der Waals surface area contributed by atoms with E-state index in [9.17, 15) is 14.9 Å². The molecule has 0 N–H and O–H groups in total. The number of carbonyl (C=O) groups excluding carboxylic acids is 1. The maximum Gasteiger partial charge on any atom is 0.345 e. The van der Waals surface area contributed by atoms with E-state index in [1.54, 1.807) is 25.3 Å². The molecule has 0 bridgehead atoms. The van der Waals surface area contributed by atoms with Gasteiger partial charge >= 0.3 is 5.97 Å². The highest BCUT2D eigenvalue weighted by Crippen LogP contribution is 2.30. The second kappa shape index (κ2) is 7.33. The minimum absolute atomic E-state index is 0.00100. The number of hydrogen-bond acceptors (Lipinski definition) is 6. The summed E-state index contributed by atoms with van der Waals surface area (Å²) < 4.78 is 7.06. The average Bonchev–Trinajstić information content (AvgIpc) is 3.16. The average molecular weight is 344 g/mol. The first kappa shape index (κ1) is 16.9.